The Morgan fingerprint density at radius 1 is 1.22 bits per heavy atom. The first-order valence-electron chi connectivity index (χ1n) is 6.22. The van der Waals surface area contributed by atoms with E-state index in [0.29, 0.717) is 26.4 Å². The molecule has 0 amide bonds. The predicted octanol–water partition coefficient (Wildman–Crippen LogP) is 1.23. The number of ether oxygens (including phenoxy) is 3. The van der Waals surface area contributed by atoms with Gasteiger partial charge in [-0.3, -0.25) is 4.98 Å². The number of pyridine rings is 1. The van der Waals surface area contributed by atoms with Crippen LogP contribution >= 0.6 is 0 Å². The number of hydrogen-bond donors (Lipinski definition) is 1. The molecule has 0 aliphatic carbocycles. The van der Waals surface area contributed by atoms with E-state index in [9.17, 15) is 0 Å². The normalized spacial score (nSPS) is 10.6. The number of methoxy groups -OCH3 is 1. The van der Waals surface area contributed by atoms with Crippen LogP contribution in [0.2, 0.25) is 0 Å². The van der Waals surface area contributed by atoms with Crippen molar-refractivity contribution in [2.45, 2.75) is 13.5 Å². The third-order valence-electron chi connectivity index (χ3n) is 2.27. The molecule has 1 aromatic heterocycles. The van der Waals surface area contributed by atoms with Crippen molar-refractivity contribution in [2.24, 2.45) is 0 Å². The Bertz CT molecular complexity index is 321. The first-order valence-corrected chi connectivity index (χ1v) is 6.22. The van der Waals surface area contributed by atoms with Crippen LogP contribution in [0.3, 0.4) is 0 Å². The molecule has 0 unspecified atom stereocenters. The van der Waals surface area contributed by atoms with Crippen molar-refractivity contribution in [3.63, 3.8) is 0 Å². The highest BCUT2D eigenvalue weighted by molar-refractivity contribution is 5.22. The summed E-state index contributed by atoms with van der Waals surface area (Å²) in [6.45, 7) is 6.07. The van der Waals surface area contributed by atoms with Gasteiger partial charge in [0, 0.05) is 25.9 Å². The SMILES string of the molecule is CCNCc1cc(OCCOCCOC)ccn1. The van der Waals surface area contributed by atoms with Crippen LogP contribution in [-0.2, 0) is 16.0 Å². The lowest BCUT2D eigenvalue weighted by Crippen LogP contribution is -2.13. The molecule has 1 rings (SSSR count). The second-order valence-electron chi connectivity index (χ2n) is 3.72. The number of nitrogens with zero attached hydrogens (tertiary/aromatic N) is 1. The second kappa shape index (κ2) is 9.82. The minimum Gasteiger partial charge on any atom is -0.491 e. The molecule has 0 atom stereocenters. The number of rotatable bonds is 10. The summed E-state index contributed by atoms with van der Waals surface area (Å²) < 4.78 is 15.8. The van der Waals surface area contributed by atoms with Gasteiger partial charge in [0.15, 0.2) is 0 Å². The van der Waals surface area contributed by atoms with E-state index in [4.69, 9.17) is 14.2 Å². The zero-order chi connectivity index (χ0) is 13.1. The molecule has 0 radical (unpaired) electrons. The minimum absolute atomic E-state index is 0.536. The van der Waals surface area contributed by atoms with Gasteiger partial charge < -0.3 is 19.5 Å². The van der Waals surface area contributed by atoms with E-state index in [0.717, 1.165) is 24.5 Å². The molecule has 0 aliphatic rings. The zero-order valence-corrected chi connectivity index (χ0v) is 11.1. The average Bonchev–Trinajstić information content (AvgIpc) is 2.41. The van der Waals surface area contributed by atoms with Crippen LogP contribution in [-0.4, -0.2) is 45.1 Å². The third-order valence-corrected chi connectivity index (χ3v) is 2.27. The molecular weight excluding hydrogens is 232 g/mol. The van der Waals surface area contributed by atoms with E-state index < -0.39 is 0 Å². The molecule has 0 fully saturated rings. The van der Waals surface area contributed by atoms with Gasteiger partial charge in [0.1, 0.15) is 12.4 Å². The van der Waals surface area contributed by atoms with E-state index in [1.807, 2.05) is 12.1 Å². The minimum atomic E-state index is 0.536. The lowest BCUT2D eigenvalue weighted by Gasteiger charge is -2.08. The van der Waals surface area contributed by atoms with Crippen molar-refractivity contribution in [3.8, 4) is 5.75 Å². The summed E-state index contributed by atoms with van der Waals surface area (Å²) in [5, 5.41) is 3.23. The molecule has 18 heavy (non-hydrogen) atoms. The fourth-order valence-corrected chi connectivity index (χ4v) is 1.36. The van der Waals surface area contributed by atoms with E-state index in [1.54, 1.807) is 13.3 Å². The van der Waals surface area contributed by atoms with Gasteiger partial charge in [-0.1, -0.05) is 6.92 Å². The first kappa shape index (κ1) is 14.9. The van der Waals surface area contributed by atoms with Gasteiger partial charge in [-0.25, -0.2) is 0 Å². The van der Waals surface area contributed by atoms with Crippen molar-refractivity contribution in [1.82, 2.24) is 10.3 Å². The van der Waals surface area contributed by atoms with Crippen LogP contribution in [0, 0.1) is 0 Å². The fourth-order valence-electron chi connectivity index (χ4n) is 1.36. The second-order valence-corrected chi connectivity index (χ2v) is 3.72. The van der Waals surface area contributed by atoms with E-state index in [2.05, 4.69) is 17.2 Å². The van der Waals surface area contributed by atoms with Gasteiger partial charge in [0.25, 0.3) is 0 Å². The number of hydrogen-bond acceptors (Lipinski definition) is 5. The van der Waals surface area contributed by atoms with Gasteiger partial charge in [0.2, 0.25) is 0 Å². The molecular formula is C13H22N2O3. The standard InChI is InChI=1S/C13H22N2O3/c1-3-14-11-12-10-13(4-5-15-12)18-9-8-17-7-6-16-2/h4-5,10,14H,3,6-9,11H2,1-2H3. The molecule has 5 heteroatoms. The predicted molar refractivity (Wildman–Crippen MR) is 69.8 cm³/mol. The van der Waals surface area contributed by atoms with Crippen LogP contribution in [0.4, 0.5) is 0 Å². The largest absolute Gasteiger partial charge is 0.491 e. The molecule has 1 N–H and O–H groups in total. The molecule has 0 saturated heterocycles. The lowest BCUT2D eigenvalue weighted by atomic mass is 10.3. The van der Waals surface area contributed by atoms with E-state index >= 15 is 0 Å². The summed E-state index contributed by atoms with van der Waals surface area (Å²) >= 11 is 0. The van der Waals surface area contributed by atoms with Crippen LogP contribution in [0.25, 0.3) is 0 Å². The van der Waals surface area contributed by atoms with Crippen molar-refractivity contribution in [1.29, 1.82) is 0 Å². The van der Waals surface area contributed by atoms with Gasteiger partial charge in [-0.15, -0.1) is 0 Å². The van der Waals surface area contributed by atoms with Crippen LogP contribution in [0.15, 0.2) is 18.3 Å². The summed E-state index contributed by atoms with van der Waals surface area (Å²) in [5.41, 5.74) is 0.981. The first-order chi connectivity index (χ1) is 8.86. The Kier molecular flexibility index (Phi) is 8.12. The van der Waals surface area contributed by atoms with Gasteiger partial charge >= 0.3 is 0 Å². The van der Waals surface area contributed by atoms with Gasteiger partial charge in [-0.05, 0) is 12.6 Å². The Morgan fingerprint density at radius 3 is 2.83 bits per heavy atom. The average molecular weight is 254 g/mol. The summed E-state index contributed by atoms with van der Waals surface area (Å²) in [4.78, 5) is 4.26. The maximum Gasteiger partial charge on any atom is 0.122 e. The van der Waals surface area contributed by atoms with Crippen molar-refractivity contribution >= 4 is 0 Å². The molecule has 0 aromatic carbocycles. The quantitative estimate of drug-likeness (QED) is 0.637. The lowest BCUT2D eigenvalue weighted by molar-refractivity contribution is 0.0544. The third kappa shape index (κ3) is 6.54. The summed E-state index contributed by atoms with van der Waals surface area (Å²) in [7, 11) is 1.66. The van der Waals surface area contributed by atoms with Crippen molar-refractivity contribution in [3.05, 3.63) is 24.0 Å². The molecule has 1 aromatic rings. The Hall–Kier alpha value is -1.17. The Morgan fingerprint density at radius 2 is 2.06 bits per heavy atom. The molecule has 5 nitrogen and oxygen atoms in total. The summed E-state index contributed by atoms with van der Waals surface area (Å²) in [6, 6.07) is 3.79. The molecule has 0 saturated carbocycles. The van der Waals surface area contributed by atoms with Gasteiger partial charge in [-0.2, -0.15) is 0 Å². The highest BCUT2D eigenvalue weighted by Gasteiger charge is 1.98. The van der Waals surface area contributed by atoms with Crippen LogP contribution < -0.4 is 10.1 Å². The van der Waals surface area contributed by atoms with E-state index in [-0.39, 0.29) is 0 Å². The molecule has 0 aliphatic heterocycles. The highest BCUT2D eigenvalue weighted by atomic mass is 16.5. The monoisotopic (exact) mass is 254 g/mol. The van der Waals surface area contributed by atoms with Gasteiger partial charge in [0.05, 0.1) is 25.5 Å². The summed E-state index contributed by atoms with van der Waals surface area (Å²) in [6.07, 6.45) is 1.76. The zero-order valence-electron chi connectivity index (χ0n) is 11.1. The molecule has 102 valence electrons. The van der Waals surface area contributed by atoms with Crippen LogP contribution in [0.1, 0.15) is 12.6 Å². The van der Waals surface area contributed by atoms with E-state index in [1.165, 1.54) is 0 Å². The number of nitrogens with one attached hydrogen (secondary N) is 1. The topological polar surface area (TPSA) is 52.6 Å². The maximum atomic E-state index is 5.57. The van der Waals surface area contributed by atoms with Crippen molar-refractivity contribution in [2.75, 3.05) is 40.1 Å². The fraction of sp³-hybridized carbons (Fsp3) is 0.615. The Labute approximate surface area is 108 Å². The molecule has 1 heterocycles. The van der Waals surface area contributed by atoms with Crippen LogP contribution in [0.5, 0.6) is 5.75 Å². The van der Waals surface area contributed by atoms with Crippen molar-refractivity contribution < 1.29 is 14.2 Å². The molecule has 0 bridgehead atoms. The summed E-state index contributed by atoms with van der Waals surface area (Å²) in [5.74, 6) is 0.827. The number of aromatic nitrogens is 1. The molecule has 0 spiro atoms. The highest BCUT2D eigenvalue weighted by Crippen LogP contribution is 2.10. The maximum absolute atomic E-state index is 5.57. The smallest absolute Gasteiger partial charge is 0.122 e. The Balaban J connectivity index is 2.20.